The number of hydrogen-bond donors (Lipinski definition) is 1. The van der Waals surface area contributed by atoms with E-state index in [-0.39, 0.29) is 35.7 Å². The SMILES string of the molecule is CC[C@H]1CC2CC(C2)C[C@H](C(=O)NCC2CCN(S(=O)(=O)c3ccc(C(F)(F)F)cc3Cl)C2)C1. The zero-order valence-corrected chi connectivity index (χ0v) is 20.9. The first-order valence-corrected chi connectivity index (χ1v) is 13.9. The number of hydrogen-bond acceptors (Lipinski definition) is 3. The summed E-state index contributed by atoms with van der Waals surface area (Å²) in [6.07, 6.45) is 2.63. The van der Waals surface area contributed by atoms with Gasteiger partial charge in [0, 0.05) is 25.6 Å². The molecular weight excluding hydrogens is 489 g/mol. The van der Waals surface area contributed by atoms with Crippen LogP contribution in [0.1, 0.15) is 57.4 Å². The Bertz CT molecular complexity index is 1010. The fourth-order valence-corrected chi connectivity index (χ4v) is 7.92. The molecule has 1 heterocycles. The quantitative estimate of drug-likeness (QED) is 0.550. The summed E-state index contributed by atoms with van der Waals surface area (Å²) in [5, 5.41) is 2.62. The second-order valence-electron chi connectivity index (χ2n) is 10.3. The number of halogens is 4. The lowest BCUT2D eigenvalue weighted by molar-refractivity contribution is -0.137. The van der Waals surface area contributed by atoms with Crippen molar-refractivity contribution in [1.29, 1.82) is 0 Å². The number of nitrogens with one attached hydrogen (secondary N) is 1. The van der Waals surface area contributed by atoms with Gasteiger partial charge in [0.05, 0.1) is 10.6 Å². The van der Waals surface area contributed by atoms with Crippen molar-refractivity contribution in [3.63, 3.8) is 0 Å². The number of rotatable bonds is 6. The van der Waals surface area contributed by atoms with E-state index in [1.165, 1.54) is 23.6 Å². The fraction of sp³-hybridized carbons (Fsp3) is 0.708. The maximum atomic E-state index is 13.0. The van der Waals surface area contributed by atoms with Gasteiger partial charge in [0.25, 0.3) is 0 Å². The van der Waals surface area contributed by atoms with Gasteiger partial charge >= 0.3 is 6.18 Å². The van der Waals surface area contributed by atoms with Crippen LogP contribution in [0.2, 0.25) is 5.02 Å². The topological polar surface area (TPSA) is 66.5 Å². The Morgan fingerprint density at radius 1 is 1.12 bits per heavy atom. The largest absolute Gasteiger partial charge is 0.416 e. The maximum Gasteiger partial charge on any atom is 0.416 e. The van der Waals surface area contributed by atoms with E-state index in [4.69, 9.17) is 11.6 Å². The van der Waals surface area contributed by atoms with Crippen LogP contribution in [0, 0.1) is 29.6 Å². The number of sulfonamides is 1. The Kier molecular flexibility index (Phi) is 7.56. The van der Waals surface area contributed by atoms with Gasteiger partial charge in [-0.1, -0.05) is 24.9 Å². The molecule has 3 atom stereocenters. The highest BCUT2D eigenvalue weighted by atomic mass is 35.5. The van der Waals surface area contributed by atoms with Crippen molar-refractivity contribution in [3.05, 3.63) is 28.8 Å². The van der Waals surface area contributed by atoms with E-state index in [1.807, 2.05) is 0 Å². The molecule has 3 saturated carbocycles. The molecule has 190 valence electrons. The first-order valence-electron chi connectivity index (χ1n) is 12.1. The van der Waals surface area contributed by atoms with Crippen molar-refractivity contribution in [1.82, 2.24) is 9.62 Å². The van der Waals surface area contributed by atoms with Crippen LogP contribution in [0.5, 0.6) is 0 Å². The van der Waals surface area contributed by atoms with Gasteiger partial charge in [-0.15, -0.1) is 0 Å². The Morgan fingerprint density at radius 3 is 2.47 bits per heavy atom. The predicted molar refractivity (Wildman–Crippen MR) is 124 cm³/mol. The summed E-state index contributed by atoms with van der Waals surface area (Å²) >= 11 is 5.92. The highest BCUT2D eigenvalue weighted by Crippen LogP contribution is 2.46. The smallest absolute Gasteiger partial charge is 0.356 e. The molecule has 2 bridgehead atoms. The second-order valence-corrected chi connectivity index (χ2v) is 12.6. The lowest BCUT2D eigenvalue weighted by atomic mass is 9.63. The van der Waals surface area contributed by atoms with Crippen LogP contribution in [0.4, 0.5) is 13.2 Å². The van der Waals surface area contributed by atoms with Gasteiger partial charge in [0.2, 0.25) is 15.9 Å². The highest BCUT2D eigenvalue weighted by molar-refractivity contribution is 7.89. The molecule has 4 fully saturated rings. The molecule has 0 aromatic heterocycles. The fourth-order valence-electron chi connectivity index (χ4n) is 5.87. The molecule has 3 aliphatic carbocycles. The van der Waals surface area contributed by atoms with Gasteiger partial charge in [-0.3, -0.25) is 4.79 Å². The average molecular weight is 521 g/mol. The van der Waals surface area contributed by atoms with Crippen LogP contribution in [0.25, 0.3) is 0 Å². The number of amides is 1. The highest BCUT2D eigenvalue weighted by Gasteiger charge is 2.39. The van der Waals surface area contributed by atoms with Crippen LogP contribution in [-0.4, -0.2) is 38.3 Å². The minimum absolute atomic E-state index is 0.0170. The summed E-state index contributed by atoms with van der Waals surface area (Å²) in [5.74, 6) is 2.11. The molecule has 1 unspecified atom stereocenters. The van der Waals surface area contributed by atoms with Crippen LogP contribution >= 0.6 is 11.6 Å². The van der Waals surface area contributed by atoms with Gasteiger partial charge in [-0.2, -0.15) is 17.5 Å². The average Bonchev–Trinajstić information content (AvgIpc) is 3.20. The molecule has 5 nitrogen and oxygen atoms in total. The third-order valence-corrected chi connectivity index (χ3v) is 10.2. The Morgan fingerprint density at radius 2 is 1.82 bits per heavy atom. The van der Waals surface area contributed by atoms with E-state index in [1.54, 1.807) is 0 Å². The monoisotopic (exact) mass is 520 g/mol. The molecule has 1 aromatic carbocycles. The first kappa shape index (κ1) is 25.8. The molecule has 34 heavy (non-hydrogen) atoms. The second kappa shape index (κ2) is 9.97. The first-order chi connectivity index (χ1) is 16.0. The Labute approximate surface area is 204 Å². The predicted octanol–water partition coefficient (Wildman–Crippen LogP) is 5.34. The van der Waals surface area contributed by atoms with Crippen molar-refractivity contribution < 1.29 is 26.4 Å². The molecule has 4 aliphatic rings. The third kappa shape index (κ3) is 5.57. The van der Waals surface area contributed by atoms with Gasteiger partial charge in [-0.05, 0) is 80.4 Å². The van der Waals surface area contributed by atoms with Crippen LogP contribution < -0.4 is 5.32 Å². The number of carbonyl (C=O) groups excluding carboxylic acids is 1. The van der Waals surface area contributed by atoms with Crippen molar-refractivity contribution >= 4 is 27.5 Å². The van der Waals surface area contributed by atoms with Crippen molar-refractivity contribution in [3.8, 4) is 0 Å². The number of alkyl halides is 3. The number of benzene rings is 1. The zero-order chi connectivity index (χ0) is 24.7. The normalized spacial score (nSPS) is 30.3. The molecule has 1 amide bonds. The number of nitrogens with zero attached hydrogens (tertiary/aromatic N) is 1. The van der Waals surface area contributed by atoms with Crippen molar-refractivity contribution in [2.45, 2.75) is 62.9 Å². The molecule has 10 heteroatoms. The molecule has 5 rings (SSSR count). The Balaban J connectivity index is 1.34. The van der Waals surface area contributed by atoms with Gasteiger partial charge in [0.15, 0.2) is 0 Å². The number of carbonyl (C=O) groups is 1. The molecular formula is C24H32ClF3N2O3S. The van der Waals surface area contributed by atoms with Crippen LogP contribution in [0.15, 0.2) is 23.1 Å². The van der Waals surface area contributed by atoms with E-state index in [9.17, 15) is 26.4 Å². The lowest BCUT2D eigenvalue weighted by Gasteiger charge is -2.42. The molecule has 1 aliphatic heterocycles. The molecule has 0 spiro atoms. The maximum absolute atomic E-state index is 13.0. The molecule has 1 aromatic rings. The van der Waals surface area contributed by atoms with Gasteiger partial charge in [-0.25, -0.2) is 8.42 Å². The third-order valence-electron chi connectivity index (χ3n) is 7.87. The Hall–Kier alpha value is -1.32. The zero-order valence-electron chi connectivity index (χ0n) is 19.3. The molecule has 1 saturated heterocycles. The van der Waals surface area contributed by atoms with E-state index < -0.39 is 26.8 Å². The summed E-state index contributed by atoms with van der Waals surface area (Å²) in [7, 11) is -4.02. The minimum Gasteiger partial charge on any atom is -0.356 e. The summed E-state index contributed by atoms with van der Waals surface area (Å²) in [4.78, 5) is 12.6. The van der Waals surface area contributed by atoms with E-state index in [0.717, 1.165) is 37.3 Å². The number of fused-ring (bicyclic) bond motifs is 4. The van der Waals surface area contributed by atoms with Gasteiger partial charge < -0.3 is 5.32 Å². The molecule has 0 radical (unpaired) electrons. The minimum atomic E-state index is -4.60. The van der Waals surface area contributed by atoms with E-state index >= 15 is 0 Å². The lowest BCUT2D eigenvalue weighted by Crippen LogP contribution is -2.40. The van der Waals surface area contributed by atoms with Crippen LogP contribution in [-0.2, 0) is 21.0 Å². The standard InChI is InChI=1S/C24H32ClF3N2O3S/c1-2-15-7-17-8-18(9-17)11-19(10-15)23(31)29-13-16-5-6-30(14-16)34(32,33)22-4-3-20(12-21(22)25)24(26,27)28/h3-4,12,15-19H,2,5-11,13-14H2,1H3,(H,29,31)/t15-,16?,17?,18?,19+/m0/s1. The summed E-state index contributed by atoms with van der Waals surface area (Å²) in [6.45, 7) is 3.03. The van der Waals surface area contributed by atoms with Crippen LogP contribution in [0.3, 0.4) is 0 Å². The molecule has 1 N–H and O–H groups in total. The van der Waals surface area contributed by atoms with Crippen molar-refractivity contribution in [2.24, 2.45) is 29.6 Å². The van der Waals surface area contributed by atoms with Crippen molar-refractivity contribution in [2.75, 3.05) is 19.6 Å². The van der Waals surface area contributed by atoms with E-state index in [0.29, 0.717) is 30.9 Å². The summed E-state index contributed by atoms with van der Waals surface area (Å²) in [5.41, 5.74) is -0.990. The summed E-state index contributed by atoms with van der Waals surface area (Å²) in [6, 6.07) is 2.29. The van der Waals surface area contributed by atoms with Gasteiger partial charge in [0.1, 0.15) is 4.90 Å². The van der Waals surface area contributed by atoms with E-state index in [2.05, 4.69) is 12.2 Å². The summed E-state index contributed by atoms with van der Waals surface area (Å²) < 4.78 is 65.9.